The van der Waals surface area contributed by atoms with E-state index in [1.54, 1.807) is 0 Å². The van der Waals surface area contributed by atoms with Crippen molar-refractivity contribution >= 4 is 22.7 Å². The Morgan fingerprint density at radius 2 is 1.76 bits per heavy atom. The summed E-state index contributed by atoms with van der Waals surface area (Å²) in [5.41, 5.74) is 3.23. The van der Waals surface area contributed by atoms with Crippen molar-refractivity contribution in [3.63, 3.8) is 0 Å². The summed E-state index contributed by atoms with van der Waals surface area (Å²) >= 11 is 0. The van der Waals surface area contributed by atoms with Crippen molar-refractivity contribution in [2.45, 2.75) is 32.1 Å². The summed E-state index contributed by atoms with van der Waals surface area (Å²) in [7, 11) is 0. The number of aromatic amines is 1. The van der Waals surface area contributed by atoms with Crippen molar-refractivity contribution in [2.75, 3.05) is 6.61 Å². The van der Waals surface area contributed by atoms with Crippen molar-refractivity contribution in [1.82, 2.24) is 4.98 Å². The van der Waals surface area contributed by atoms with Crippen molar-refractivity contribution in [2.24, 2.45) is 17.8 Å². The Labute approximate surface area is 170 Å². The molecule has 3 atom stereocenters. The molecule has 0 unspecified atom stereocenters. The Morgan fingerprint density at radius 3 is 2.52 bits per heavy atom. The van der Waals surface area contributed by atoms with E-state index < -0.39 is 0 Å². The number of carbonyl (C=O) groups excluding carboxylic acids is 2. The molecule has 2 aliphatic carbocycles. The van der Waals surface area contributed by atoms with E-state index in [1.165, 1.54) is 19.3 Å². The van der Waals surface area contributed by atoms with Gasteiger partial charge in [0, 0.05) is 17.3 Å². The van der Waals surface area contributed by atoms with Crippen LogP contribution in [0.4, 0.5) is 0 Å². The second kappa shape index (κ2) is 7.51. The lowest BCUT2D eigenvalue weighted by atomic mass is 9.86. The molecule has 148 valence electrons. The smallest absolute Gasteiger partial charge is 0.306 e. The van der Waals surface area contributed by atoms with Crippen LogP contribution in [0.1, 0.15) is 42.5 Å². The minimum absolute atomic E-state index is 0.164. The van der Waals surface area contributed by atoms with E-state index in [0.29, 0.717) is 23.8 Å². The minimum Gasteiger partial charge on any atom is -0.457 e. The first-order chi connectivity index (χ1) is 14.2. The zero-order valence-corrected chi connectivity index (χ0v) is 16.4. The van der Waals surface area contributed by atoms with Gasteiger partial charge in [-0.2, -0.15) is 0 Å². The van der Waals surface area contributed by atoms with Gasteiger partial charge in [-0.15, -0.1) is 0 Å². The molecule has 2 fully saturated rings. The van der Waals surface area contributed by atoms with E-state index in [0.717, 1.165) is 34.5 Å². The Morgan fingerprint density at radius 1 is 0.966 bits per heavy atom. The monoisotopic (exact) mass is 387 g/mol. The van der Waals surface area contributed by atoms with Gasteiger partial charge in [-0.1, -0.05) is 55.0 Å². The second-order valence-electron chi connectivity index (χ2n) is 8.51. The quantitative estimate of drug-likeness (QED) is 0.456. The number of para-hydroxylation sites is 1. The molecular weight excluding hydrogens is 362 g/mol. The van der Waals surface area contributed by atoms with Crippen molar-refractivity contribution in [3.8, 4) is 11.3 Å². The third-order valence-corrected chi connectivity index (χ3v) is 6.73. The Bertz CT molecular complexity index is 1050. The third kappa shape index (κ3) is 3.48. The maximum atomic E-state index is 13.1. The molecule has 1 heterocycles. The maximum absolute atomic E-state index is 13.1. The highest BCUT2D eigenvalue weighted by Crippen LogP contribution is 2.49. The number of carbonyl (C=O) groups is 2. The second-order valence-corrected chi connectivity index (χ2v) is 8.51. The van der Waals surface area contributed by atoms with Gasteiger partial charge < -0.3 is 9.72 Å². The number of esters is 1. The molecule has 0 radical (unpaired) electrons. The van der Waals surface area contributed by atoms with E-state index in [-0.39, 0.29) is 18.4 Å². The van der Waals surface area contributed by atoms with E-state index >= 15 is 0 Å². The van der Waals surface area contributed by atoms with Crippen LogP contribution >= 0.6 is 0 Å². The topological polar surface area (TPSA) is 59.2 Å². The Balaban J connectivity index is 1.33. The fraction of sp³-hybridized carbons (Fsp3) is 0.360. The van der Waals surface area contributed by atoms with E-state index in [4.69, 9.17) is 4.74 Å². The molecule has 2 saturated carbocycles. The number of H-pyrrole nitrogens is 1. The fourth-order valence-corrected chi connectivity index (χ4v) is 5.37. The molecule has 2 aromatic carbocycles. The molecule has 4 nitrogen and oxygen atoms in total. The van der Waals surface area contributed by atoms with Gasteiger partial charge in [-0.3, -0.25) is 9.59 Å². The molecule has 0 spiro atoms. The molecular formula is C25H25NO3. The number of ketones is 1. The average molecular weight is 387 g/mol. The summed E-state index contributed by atoms with van der Waals surface area (Å²) in [5.74, 6) is 1.53. The number of benzene rings is 2. The SMILES string of the molecule is O=C(C[C@H]1C[C@@H]2CC[C@@H]1C2)OCC(=O)c1c(-c2ccccc2)[nH]c2ccccc12. The van der Waals surface area contributed by atoms with E-state index in [1.807, 2.05) is 54.6 Å². The fourth-order valence-electron chi connectivity index (χ4n) is 5.37. The molecule has 3 aromatic rings. The van der Waals surface area contributed by atoms with E-state index in [2.05, 4.69) is 4.98 Å². The largest absolute Gasteiger partial charge is 0.457 e. The summed E-state index contributed by atoms with van der Waals surface area (Å²) in [5, 5.41) is 0.862. The standard InChI is InChI=1S/C25H25NO3/c27-22(15-29-23(28)14-19-13-16-10-11-18(19)12-16)24-20-8-4-5-9-21(20)26-25(24)17-6-2-1-3-7-17/h1-9,16,18-19,26H,10-15H2/t16-,18-,19-/m1/s1. The number of hydrogen-bond acceptors (Lipinski definition) is 3. The highest BCUT2D eigenvalue weighted by Gasteiger charge is 2.40. The van der Waals surface area contributed by atoms with Crippen LogP contribution < -0.4 is 0 Å². The summed E-state index contributed by atoms with van der Waals surface area (Å²) in [6.07, 6.45) is 5.43. The van der Waals surface area contributed by atoms with Crippen LogP contribution in [0.15, 0.2) is 54.6 Å². The number of fused-ring (bicyclic) bond motifs is 3. The van der Waals surface area contributed by atoms with Crippen LogP contribution in [0.3, 0.4) is 0 Å². The molecule has 1 N–H and O–H groups in total. The van der Waals surface area contributed by atoms with Crippen molar-refractivity contribution in [3.05, 3.63) is 60.2 Å². The number of rotatable bonds is 6. The molecule has 4 heteroatoms. The van der Waals surface area contributed by atoms with Crippen LogP contribution in [0.25, 0.3) is 22.2 Å². The van der Waals surface area contributed by atoms with Crippen LogP contribution in [-0.2, 0) is 9.53 Å². The maximum Gasteiger partial charge on any atom is 0.306 e. The zero-order valence-electron chi connectivity index (χ0n) is 16.4. The molecule has 2 aliphatic rings. The molecule has 2 bridgehead atoms. The van der Waals surface area contributed by atoms with Gasteiger partial charge in [0.2, 0.25) is 5.78 Å². The lowest BCUT2D eigenvalue weighted by molar-refractivity contribution is -0.144. The summed E-state index contributed by atoms with van der Waals surface area (Å²) in [4.78, 5) is 28.8. The highest BCUT2D eigenvalue weighted by atomic mass is 16.5. The lowest BCUT2D eigenvalue weighted by Gasteiger charge is -2.20. The first-order valence-electron chi connectivity index (χ1n) is 10.5. The Kier molecular flexibility index (Phi) is 4.70. The summed E-state index contributed by atoms with van der Waals surface area (Å²) in [6, 6.07) is 17.5. The first-order valence-corrected chi connectivity index (χ1v) is 10.5. The molecule has 0 saturated heterocycles. The predicted octanol–water partition coefficient (Wildman–Crippen LogP) is 5.39. The van der Waals surface area contributed by atoms with Crippen LogP contribution in [-0.4, -0.2) is 23.3 Å². The van der Waals surface area contributed by atoms with Gasteiger partial charge >= 0.3 is 5.97 Å². The normalized spacial score (nSPS) is 22.8. The number of nitrogens with one attached hydrogen (secondary N) is 1. The van der Waals surface area contributed by atoms with Crippen molar-refractivity contribution < 1.29 is 14.3 Å². The molecule has 5 rings (SSSR count). The minimum atomic E-state index is -0.239. The molecule has 0 aliphatic heterocycles. The van der Waals surface area contributed by atoms with Crippen LogP contribution in [0, 0.1) is 17.8 Å². The van der Waals surface area contributed by atoms with Crippen molar-refractivity contribution in [1.29, 1.82) is 0 Å². The van der Waals surface area contributed by atoms with Gasteiger partial charge in [0.15, 0.2) is 6.61 Å². The zero-order chi connectivity index (χ0) is 19.8. The number of hydrogen-bond donors (Lipinski definition) is 1. The van der Waals surface area contributed by atoms with Gasteiger partial charge in [0.1, 0.15) is 0 Å². The summed E-state index contributed by atoms with van der Waals surface area (Å²) in [6.45, 7) is -0.207. The van der Waals surface area contributed by atoms with Gasteiger partial charge in [0.25, 0.3) is 0 Å². The number of ether oxygens (including phenoxy) is 1. The third-order valence-electron chi connectivity index (χ3n) is 6.73. The lowest BCUT2D eigenvalue weighted by Crippen LogP contribution is -2.20. The molecule has 1 aromatic heterocycles. The first kappa shape index (κ1) is 18.2. The summed E-state index contributed by atoms with van der Waals surface area (Å²) < 4.78 is 5.43. The van der Waals surface area contributed by atoms with E-state index in [9.17, 15) is 9.59 Å². The molecule has 29 heavy (non-hydrogen) atoms. The van der Waals surface area contributed by atoms with Gasteiger partial charge in [-0.25, -0.2) is 0 Å². The number of aromatic nitrogens is 1. The molecule has 0 amide bonds. The number of Topliss-reactive ketones (excluding diaryl/α,β-unsaturated/α-hetero) is 1. The van der Waals surface area contributed by atoms with Crippen LogP contribution in [0.5, 0.6) is 0 Å². The predicted molar refractivity (Wildman–Crippen MR) is 113 cm³/mol. The average Bonchev–Trinajstić information content (AvgIpc) is 3.46. The highest BCUT2D eigenvalue weighted by molar-refractivity contribution is 6.14. The van der Waals surface area contributed by atoms with Gasteiger partial charge in [0.05, 0.1) is 11.3 Å². The Hall–Kier alpha value is -2.88. The van der Waals surface area contributed by atoms with Gasteiger partial charge in [-0.05, 0) is 48.6 Å². The van der Waals surface area contributed by atoms with Crippen LogP contribution in [0.2, 0.25) is 0 Å².